The number of nitrogens with one attached hydrogen (secondary N) is 1. The first-order chi connectivity index (χ1) is 9.43. The van der Waals surface area contributed by atoms with Crippen LogP contribution in [0.4, 0.5) is 10.8 Å². The number of anilines is 1. The molecule has 2 heterocycles. The Labute approximate surface area is 118 Å². The maximum absolute atomic E-state index is 12.2. The Morgan fingerprint density at radius 3 is 2.75 bits per heavy atom. The SMILES string of the molecule is CCn1ncc([N+](=O)[O-])c1C(=O)Nc1nc(C)c(C)s1. The van der Waals surface area contributed by atoms with Crippen molar-refractivity contribution in [2.45, 2.75) is 27.3 Å². The van der Waals surface area contributed by atoms with Crippen LogP contribution in [0.2, 0.25) is 0 Å². The number of carbonyl (C=O) groups is 1. The zero-order valence-corrected chi connectivity index (χ0v) is 12.0. The molecule has 0 fully saturated rings. The van der Waals surface area contributed by atoms with E-state index in [0.717, 1.165) is 16.8 Å². The molecule has 20 heavy (non-hydrogen) atoms. The molecule has 8 nitrogen and oxygen atoms in total. The second-order valence-corrected chi connectivity index (χ2v) is 5.27. The number of thiazole rings is 1. The monoisotopic (exact) mass is 295 g/mol. The van der Waals surface area contributed by atoms with Crippen LogP contribution in [-0.2, 0) is 6.54 Å². The summed E-state index contributed by atoms with van der Waals surface area (Å²) in [6, 6.07) is 0. The zero-order chi connectivity index (χ0) is 14.9. The van der Waals surface area contributed by atoms with Gasteiger partial charge in [-0.1, -0.05) is 0 Å². The molecule has 9 heteroatoms. The summed E-state index contributed by atoms with van der Waals surface area (Å²) in [4.78, 5) is 27.7. The third-order valence-corrected chi connectivity index (χ3v) is 3.77. The lowest BCUT2D eigenvalue weighted by Gasteiger charge is -2.03. The summed E-state index contributed by atoms with van der Waals surface area (Å²) in [5.41, 5.74) is 0.446. The molecular weight excluding hydrogens is 282 g/mol. The number of rotatable bonds is 4. The van der Waals surface area contributed by atoms with Crippen molar-refractivity contribution in [2.24, 2.45) is 0 Å². The fourth-order valence-electron chi connectivity index (χ4n) is 1.66. The van der Waals surface area contributed by atoms with Gasteiger partial charge in [0.2, 0.25) is 5.69 Å². The Morgan fingerprint density at radius 1 is 1.55 bits per heavy atom. The van der Waals surface area contributed by atoms with Gasteiger partial charge in [-0.05, 0) is 20.8 Å². The molecule has 0 saturated carbocycles. The molecule has 1 N–H and O–H groups in total. The zero-order valence-electron chi connectivity index (χ0n) is 11.2. The highest BCUT2D eigenvalue weighted by atomic mass is 32.1. The molecule has 0 saturated heterocycles. The molecule has 2 aromatic heterocycles. The Morgan fingerprint density at radius 2 is 2.25 bits per heavy atom. The van der Waals surface area contributed by atoms with E-state index in [1.165, 1.54) is 16.0 Å². The van der Waals surface area contributed by atoms with Gasteiger partial charge in [0.15, 0.2) is 5.13 Å². The smallest absolute Gasteiger partial charge is 0.296 e. The largest absolute Gasteiger partial charge is 0.320 e. The number of nitro groups is 1. The van der Waals surface area contributed by atoms with Crippen LogP contribution in [0, 0.1) is 24.0 Å². The molecular formula is C11H13N5O3S. The maximum Gasteiger partial charge on any atom is 0.320 e. The van der Waals surface area contributed by atoms with Crippen molar-refractivity contribution in [1.82, 2.24) is 14.8 Å². The minimum atomic E-state index is -0.619. The summed E-state index contributed by atoms with van der Waals surface area (Å²) >= 11 is 1.33. The normalized spacial score (nSPS) is 10.6. The molecule has 1 amide bonds. The molecule has 0 spiro atoms. The van der Waals surface area contributed by atoms with Crippen LogP contribution in [0.25, 0.3) is 0 Å². The minimum absolute atomic E-state index is 0.0667. The van der Waals surface area contributed by atoms with Crippen molar-refractivity contribution < 1.29 is 9.72 Å². The van der Waals surface area contributed by atoms with Gasteiger partial charge in [-0.25, -0.2) is 4.98 Å². The van der Waals surface area contributed by atoms with E-state index < -0.39 is 10.8 Å². The van der Waals surface area contributed by atoms with E-state index in [4.69, 9.17) is 0 Å². The van der Waals surface area contributed by atoms with Crippen LogP contribution in [0.15, 0.2) is 6.20 Å². The molecule has 0 aliphatic heterocycles. The van der Waals surface area contributed by atoms with E-state index in [0.29, 0.717) is 11.7 Å². The average Bonchev–Trinajstić information content (AvgIpc) is 2.93. The minimum Gasteiger partial charge on any atom is -0.296 e. The lowest BCUT2D eigenvalue weighted by molar-refractivity contribution is -0.385. The predicted molar refractivity (Wildman–Crippen MR) is 74.1 cm³/mol. The standard InChI is InChI=1S/C11H13N5O3S/c1-4-15-9(8(5-12-15)16(18)19)10(17)14-11-13-6(2)7(3)20-11/h5H,4H2,1-3H3,(H,13,14,17). The molecule has 0 aliphatic carbocycles. The van der Waals surface area contributed by atoms with Gasteiger partial charge in [-0.2, -0.15) is 5.10 Å². The van der Waals surface area contributed by atoms with Crippen LogP contribution in [0.1, 0.15) is 28.0 Å². The van der Waals surface area contributed by atoms with E-state index in [1.807, 2.05) is 13.8 Å². The van der Waals surface area contributed by atoms with Crippen LogP contribution in [0.5, 0.6) is 0 Å². The molecule has 0 radical (unpaired) electrons. The first-order valence-corrected chi connectivity index (χ1v) is 6.71. The van der Waals surface area contributed by atoms with Gasteiger partial charge >= 0.3 is 5.69 Å². The molecule has 0 bridgehead atoms. The van der Waals surface area contributed by atoms with Crippen molar-refractivity contribution in [3.05, 3.63) is 32.6 Å². The van der Waals surface area contributed by atoms with Crippen molar-refractivity contribution in [2.75, 3.05) is 5.32 Å². The van der Waals surface area contributed by atoms with E-state index in [9.17, 15) is 14.9 Å². The summed E-state index contributed by atoms with van der Waals surface area (Å²) in [6.07, 6.45) is 1.08. The number of amides is 1. The molecule has 2 aromatic rings. The first kappa shape index (κ1) is 14.1. The van der Waals surface area contributed by atoms with Crippen molar-refractivity contribution in [3.63, 3.8) is 0 Å². The number of nitrogens with zero attached hydrogens (tertiary/aromatic N) is 4. The fraction of sp³-hybridized carbons (Fsp3) is 0.364. The highest BCUT2D eigenvalue weighted by molar-refractivity contribution is 7.15. The van der Waals surface area contributed by atoms with E-state index in [1.54, 1.807) is 6.92 Å². The quantitative estimate of drug-likeness (QED) is 0.687. The van der Waals surface area contributed by atoms with Gasteiger partial charge < -0.3 is 0 Å². The summed E-state index contributed by atoms with van der Waals surface area (Å²) in [5, 5.41) is 17.8. The third-order valence-electron chi connectivity index (χ3n) is 2.78. The van der Waals surface area contributed by atoms with Gasteiger partial charge in [0.05, 0.1) is 10.6 Å². The Hall–Kier alpha value is -2.29. The number of aryl methyl sites for hydroxylation is 3. The van der Waals surface area contributed by atoms with Crippen molar-refractivity contribution >= 4 is 28.1 Å². The van der Waals surface area contributed by atoms with E-state index >= 15 is 0 Å². The molecule has 0 unspecified atom stereocenters. The number of hydrogen-bond donors (Lipinski definition) is 1. The predicted octanol–water partition coefficient (Wildman–Crippen LogP) is 2.14. The summed E-state index contributed by atoms with van der Waals surface area (Å²) in [6.45, 7) is 5.85. The number of aromatic nitrogens is 3. The Kier molecular flexibility index (Phi) is 3.79. The summed E-state index contributed by atoms with van der Waals surface area (Å²) in [5.74, 6) is -0.579. The van der Waals surface area contributed by atoms with Crippen LogP contribution in [-0.4, -0.2) is 25.6 Å². The average molecular weight is 295 g/mol. The number of hydrogen-bond acceptors (Lipinski definition) is 6. The fourth-order valence-corrected chi connectivity index (χ4v) is 2.47. The van der Waals surface area contributed by atoms with Crippen molar-refractivity contribution in [1.29, 1.82) is 0 Å². The first-order valence-electron chi connectivity index (χ1n) is 5.89. The van der Waals surface area contributed by atoms with Gasteiger partial charge in [0.1, 0.15) is 6.20 Å². The van der Waals surface area contributed by atoms with Gasteiger partial charge in [-0.15, -0.1) is 11.3 Å². The van der Waals surface area contributed by atoms with Gasteiger partial charge in [0, 0.05) is 11.4 Å². The second kappa shape index (κ2) is 5.37. The highest BCUT2D eigenvalue weighted by Crippen LogP contribution is 2.24. The topological polar surface area (TPSA) is 103 Å². The lowest BCUT2D eigenvalue weighted by Crippen LogP contribution is -2.18. The van der Waals surface area contributed by atoms with E-state index in [-0.39, 0.29) is 11.4 Å². The molecule has 2 rings (SSSR count). The van der Waals surface area contributed by atoms with Crippen LogP contribution in [0.3, 0.4) is 0 Å². The highest BCUT2D eigenvalue weighted by Gasteiger charge is 2.27. The molecule has 106 valence electrons. The second-order valence-electron chi connectivity index (χ2n) is 4.07. The maximum atomic E-state index is 12.2. The molecule has 0 aliphatic rings. The van der Waals surface area contributed by atoms with Crippen LogP contribution < -0.4 is 5.32 Å². The Balaban J connectivity index is 2.33. The van der Waals surface area contributed by atoms with Gasteiger partial charge in [-0.3, -0.25) is 24.9 Å². The van der Waals surface area contributed by atoms with Gasteiger partial charge in [0.25, 0.3) is 5.91 Å². The molecule has 0 atom stereocenters. The third kappa shape index (κ3) is 2.52. The number of carbonyl (C=O) groups excluding carboxylic acids is 1. The van der Waals surface area contributed by atoms with Crippen LogP contribution >= 0.6 is 11.3 Å². The summed E-state index contributed by atoms with van der Waals surface area (Å²) in [7, 11) is 0. The van der Waals surface area contributed by atoms with E-state index in [2.05, 4.69) is 15.4 Å². The lowest BCUT2D eigenvalue weighted by atomic mass is 10.3. The summed E-state index contributed by atoms with van der Waals surface area (Å²) < 4.78 is 1.29. The molecule has 0 aromatic carbocycles. The van der Waals surface area contributed by atoms with Crippen molar-refractivity contribution in [3.8, 4) is 0 Å². The Bertz CT molecular complexity index is 656.